The van der Waals surface area contributed by atoms with E-state index in [0.29, 0.717) is 12.0 Å². The van der Waals surface area contributed by atoms with Crippen LogP contribution in [0.15, 0.2) is 65.8 Å². The van der Waals surface area contributed by atoms with Crippen molar-refractivity contribution in [3.63, 3.8) is 0 Å². The number of nitrogens with two attached hydrogens (primary N) is 2. The van der Waals surface area contributed by atoms with Gasteiger partial charge in [0, 0.05) is 11.1 Å². The Morgan fingerprint density at radius 3 is 2.19 bits per heavy atom. The van der Waals surface area contributed by atoms with Crippen LogP contribution in [0.5, 0.6) is 0 Å². The summed E-state index contributed by atoms with van der Waals surface area (Å²) in [5.41, 5.74) is 18.3. The van der Waals surface area contributed by atoms with Crippen LogP contribution >= 0.6 is 0 Å². The minimum Gasteiger partial charge on any atom is -0.370 e. The first-order chi connectivity index (χ1) is 14.8. The van der Waals surface area contributed by atoms with Gasteiger partial charge < -0.3 is 11.5 Å². The van der Waals surface area contributed by atoms with E-state index < -0.39 is 0 Å². The van der Waals surface area contributed by atoms with Gasteiger partial charge in [-0.05, 0) is 35.4 Å². The molecule has 2 aromatic carbocycles. The highest BCUT2D eigenvalue weighted by atomic mass is 15.0. The van der Waals surface area contributed by atoms with Gasteiger partial charge >= 0.3 is 0 Å². The molecule has 0 bridgehead atoms. The van der Waals surface area contributed by atoms with E-state index in [9.17, 15) is 0 Å². The van der Waals surface area contributed by atoms with Gasteiger partial charge in [0.1, 0.15) is 0 Å². The number of nitrogens with zero attached hydrogens (tertiary/aromatic N) is 3. The van der Waals surface area contributed by atoms with E-state index in [2.05, 4.69) is 89.3 Å². The van der Waals surface area contributed by atoms with Gasteiger partial charge in [0.15, 0.2) is 5.96 Å². The maximum Gasteiger partial charge on any atom is 0.186 e. The molecule has 4 N–H and O–H groups in total. The van der Waals surface area contributed by atoms with Gasteiger partial charge in [-0.1, -0.05) is 84.0 Å². The number of fused-ring (bicyclic) bond motifs is 1. The number of guanidine groups is 1. The van der Waals surface area contributed by atoms with E-state index in [-0.39, 0.29) is 11.4 Å². The number of aliphatic imine (C=N–C) groups is 1. The molecule has 0 aliphatic heterocycles. The predicted octanol–water partition coefficient (Wildman–Crippen LogP) is 5.98. The van der Waals surface area contributed by atoms with Crippen LogP contribution in [-0.2, 0) is 12.0 Å². The van der Waals surface area contributed by atoms with E-state index in [1.807, 2.05) is 24.4 Å². The van der Waals surface area contributed by atoms with Gasteiger partial charge in [0.25, 0.3) is 0 Å². The lowest BCUT2D eigenvalue weighted by atomic mass is 9.86. The second-order valence-electron chi connectivity index (χ2n) is 10.1. The fourth-order valence-corrected chi connectivity index (χ4v) is 2.69. The fraction of sp³-hybridized carbons (Fsp3) is 0.370. The Morgan fingerprint density at radius 1 is 1.00 bits per heavy atom. The number of benzene rings is 2. The van der Waals surface area contributed by atoms with E-state index in [1.54, 1.807) is 0 Å². The van der Waals surface area contributed by atoms with Gasteiger partial charge in [0.2, 0.25) is 0 Å². The van der Waals surface area contributed by atoms with E-state index in [1.165, 1.54) is 11.1 Å². The smallest absolute Gasteiger partial charge is 0.186 e. The molecule has 3 aromatic rings. The molecule has 0 fully saturated rings. The molecule has 5 heteroatoms. The average Bonchev–Trinajstić information content (AvgIpc) is 2.71. The lowest BCUT2D eigenvalue weighted by Gasteiger charge is -2.19. The quantitative estimate of drug-likeness (QED) is 0.303. The molecular formula is C27H37N5. The summed E-state index contributed by atoms with van der Waals surface area (Å²) in [7, 11) is 0. The zero-order chi connectivity index (χ0) is 24.1. The van der Waals surface area contributed by atoms with Gasteiger partial charge in [-0.2, -0.15) is 0 Å². The molecule has 0 unspecified atom stereocenters. The summed E-state index contributed by atoms with van der Waals surface area (Å²) in [6, 6.07) is 14.3. The van der Waals surface area contributed by atoms with Crippen LogP contribution < -0.4 is 11.5 Å². The molecule has 170 valence electrons. The first kappa shape index (κ1) is 25.1. The number of allylic oxidation sites excluding steroid dienone is 1. The van der Waals surface area contributed by atoms with Crippen LogP contribution in [0.1, 0.15) is 59.6 Å². The molecule has 0 saturated carbocycles. The Balaban J connectivity index is 0.000000451. The number of aromatic nitrogens is 2. The highest BCUT2D eigenvalue weighted by Crippen LogP contribution is 2.27. The molecular weight excluding hydrogens is 394 g/mol. The average molecular weight is 432 g/mol. The monoisotopic (exact) mass is 431 g/mol. The molecule has 0 amide bonds. The van der Waals surface area contributed by atoms with Crippen molar-refractivity contribution >= 4 is 17.0 Å². The molecule has 3 rings (SSSR count). The molecule has 0 radical (unpaired) electrons. The van der Waals surface area contributed by atoms with Crippen molar-refractivity contribution in [2.24, 2.45) is 21.9 Å². The number of hydrogen-bond donors (Lipinski definition) is 2. The Kier molecular flexibility index (Phi) is 7.78. The maximum atomic E-state index is 5.43. The molecule has 0 spiro atoms. The summed E-state index contributed by atoms with van der Waals surface area (Å²) >= 11 is 0. The highest BCUT2D eigenvalue weighted by Gasteiger charge is 2.15. The molecule has 5 nitrogen and oxygen atoms in total. The summed E-state index contributed by atoms with van der Waals surface area (Å²) in [4.78, 5) is 13.5. The van der Waals surface area contributed by atoms with Crippen molar-refractivity contribution in [3.05, 3.63) is 71.9 Å². The summed E-state index contributed by atoms with van der Waals surface area (Å²) in [5, 5.41) is 0. The topological polar surface area (TPSA) is 90.2 Å². The van der Waals surface area contributed by atoms with Crippen LogP contribution in [0.4, 0.5) is 0 Å². The zero-order valence-corrected chi connectivity index (χ0v) is 20.5. The largest absolute Gasteiger partial charge is 0.370 e. The Bertz CT molecular complexity index is 1110. The van der Waals surface area contributed by atoms with Gasteiger partial charge in [0.05, 0.1) is 29.5 Å². The lowest BCUT2D eigenvalue weighted by Crippen LogP contribution is -2.22. The minimum absolute atomic E-state index is 0.0700. The molecule has 0 aliphatic rings. The second kappa shape index (κ2) is 9.94. The van der Waals surface area contributed by atoms with E-state index >= 15 is 0 Å². The number of para-hydroxylation sites is 1. The summed E-state index contributed by atoms with van der Waals surface area (Å²) in [5.74, 6) is 0.0700. The normalized spacial score (nSPS) is 11.5. The lowest BCUT2D eigenvalue weighted by molar-refractivity contribution is 0.506. The molecule has 1 aromatic heterocycles. The van der Waals surface area contributed by atoms with Crippen molar-refractivity contribution < 1.29 is 0 Å². The van der Waals surface area contributed by atoms with Crippen LogP contribution in [-0.4, -0.2) is 15.9 Å². The van der Waals surface area contributed by atoms with E-state index in [0.717, 1.165) is 27.9 Å². The van der Waals surface area contributed by atoms with Crippen molar-refractivity contribution in [1.82, 2.24) is 9.97 Å². The standard InChI is InChI=1S/C20H23N5.C7H14/c1-20(2,3)15-8-4-6-13(10-15)17-12-23-18-14(11-24-19(21)22)7-5-9-16(18)25-17;1-6(2)7(3,4)5/h4-10,12H,11H2,1-3H3,(H4,21,22,24);1H2,2-5H3. The molecule has 0 aliphatic carbocycles. The summed E-state index contributed by atoms with van der Waals surface area (Å²) in [6.45, 7) is 19.4. The SMILES string of the molecule is C=C(C)C(C)(C)C.CC(C)(C)c1cccc(-c2cnc3c(CN=C(N)N)cccc3n2)c1. The van der Waals surface area contributed by atoms with Gasteiger partial charge in [-0.15, -0.1) is 0 Å². The minimum atomic E-state index is 0.0700. The summed E-state index contributed by atoms with van der Waals surface area (Å²) in [6.07, 6.45) is 1.81. The Hall–Kier alpha value is -3.21. The Labute approximate surface area is 192 Å². The molecule has 1 heterocycles. The number of rotatable bonds is 3. The highest BCUT2D eigenvalue weighted by molar-refractivity contribution is 5.81. The van der Waals surface area contributed by atoms with Crippen LogP contribution in [0.3, 0.4) is 0 Å². The van der Waals surface area contributed by atoms with Crippen LogP contribution in [0, 0.1) is 5.41 Å². The number of hydrogen-bond acceptors (Lipinski definition) is 3. The third-order valence-electron chi connectivity index (χ3n) is 5.39. The summed E-state index contributed by atoms with van der Waals surface area (Å²) < 4.78 is 0. The van der Waals surface area contributed by atoms with Gasteiger partial charge in [-0.3, -0.25) is 4.98 Å². The third-order valence-corrected chi connectivity index (χ3v) is 5.39. The molecule has 0 atom stereocenters. The Morgan fingerprint density at radius 2 is 1.62 bits per heavy atom. The second-order valence-corrected chi connectivity index (χ2v) is 10.1. The molecule has 0 saturated heterocycles. The first-order valence-corrected chi connectivity index (χ1v) is 10.9. The van der Waals surface area contributed by atoms with Crippen molar-refractivity contribution in [1.29, 1.82) is 0 Å². The van der Waals surface area contributed by atoms with Crippen LogP contribution in [0.2, 0.25) is 0 Å². The van der Waals surface area contributed by atoms with Crippen molar-refractivity contribution in [2.75, 3.05) is 0 Å². The first-order valence-electron chi connectivity index (χ1n) is 10.9. The van der Waals surface area contributed by atoms with E-state index in [4.69, 9.17) is 16.5 Å². The van der Waals surface area contributed by atoms with Crippen molar-refractivity contribution in [2.45, 2.75) is 60.4 Å². The molecule has 32 heavy (non-hydrogen) atoms. The van der Waals surface area contributed by atoms with Gasteiger partial charge in [-0.25, -0.2) is 9.98 Å². The van der Waals surface area contributed by atoms with Crippen molar-refractivity contribution in [3.8, 4) is 11.3 Å². The third kappa shape index (κ3) is 6.91. The van der Waals surface area contributed by atoms with Crippen LogP contribution in [0.25, 0.3) is 22.3 Å². The maximum absolute atomic E-state index is 5.43. The zero-order valence-electron chi connectivity index (χ0n) is 20.5. The predicted molar refractivity (Wildman–Crippen MR) is 137 cm³/mol. The fourth-order valence-electron chi connectivity index (χ4n) is 2.69.